The highest BCUT2D eigenvalue weighted by Crippen LogP contribution is 2.26. The average Bonchev–Trinajstić information content (AvgIpc) is 2.99. The number of carboxylic acid groups (broad SMARTS) is 1. The first-order valence-corrected chi connectivity index (χ1v) is 8.25. The molecule has 0 bridgehead atoms. The van der Waals surface area contributed by atoms with Crippen molar-refractivity contribution in [3.8, 4) is 0 Å². The van der Waals surface area contributed by atoms with Crippen LogP contribution in [-0.2, 0) is 9.84 Å². The Balaban J connectivity index is 1.92. The first-order chi connectivity index (χ1) is 9.85. The molecule has 3 rings (SSSR count). The number of sulfone groups is 1. The number of aromatic nitrogens is 1. The van der Waals surface area contributed by atoms with Gasteiger partial charge >= 0.3 is 5.97 Å². The summed E-state index contributed by atoms with van der Waals surface area (Å²) >= 11 is 0. The summed E-state index contributed by atoms with van der Waals surface area (Å²) in [6, 6.07) is 4.58. The van der Waals surface area contributed by atoms with E-state index in [-0.39, 0.29) is 23.1 Å². The molecule has 21 heavy (non-hydrogen) atoms. The summed E-state index contributed by atoms with van der Waals surface area (Å²) in [5, 5.41) is 8.95. The summed E-state index contributed by atoms with van der Waals surface area (Å²) in [6.07, 6.45) is 0.540. The highest BCUT2D eigenvalue weighted by Gasteiger charge is 2.32. The summed E-state index contributed by atoms with van der Waals surface area (Å²) in [7, 11) is -1.25. The molecule has 0 saturated carbocycles. The number of hydrogen-bond donors (Lipinski definition) is 1. The molecular weight excluding hydrogens is 296 g/mol. The summed E-state index contributed by atoms with van der Waals surface area (Å²) < 4.78 is 28.6. The molecule has 0 amide bonds. The van der Waals surface area contributed by atoms with E-state index in [4.69, 9.17) is 9.52 Å². The van der Waals surface area contributed by atoms with E-state index in [1.807, 2.05) is 0 Å². The van der Waals surface area contributed by atoms with Gasteiger partial charge in [0.05, 0.1) is 17.1 Å². The minimum Gasteiger partial charge on any atom is -0.478 e. The highest BCUT2D eigenvalue weighted by molar-refractivity contribution is 7.91. The van der Waals surface area contributed by atoms with Crippen molar-refractivity contribution in [2.24, 2.45) is 0 Å². The van der Waals surface area contributed by atoms with Gasteiger partial charge in [-0.1, -0.05) is 0 Å². The van der Waals surface area contributed by atoms with Crippen molar-refractivity contribution >= 4 is 32.9 Å². The maximum Gasteiger partial charge on any atom is 0.335 e. The van der Waals surface area contributed by atoms with Crippen molar-refractivity contribution in [1.82, 2.24) is 4.98 Å². The largest absolute Gasteiger partial charge is 0.478 e. The van der Waals surface area contributed by atoms with Gasteiger partial charge < -0.3 is 14.4 Å². The number of benzene rings is 1. The van der Waals surface area contributed by atoms with Crippen LogP contribution in [0.1, 0.15) is 16.8 Å². The Bertz CT molecular complexity index is 811. The normalized spacial score (nSPS) is 20.7. The third-order valence-electron chi connectivity index (χ3n) is 3.68. The Morgan fingerprint density at radius 3 is 2.86 bits per heavy atom. The Labute approximate surface area is 121 Å². The molecule has 1 saturated heterocycles. The van der Waals surface area contributed by atoms with Crippen molar-refractivity contribution in [2.45, 2.75) is 12.5 Å². The Hall–Kier alpha value is -2.09. The Kier molecular flexibility index (Phi) is 3.12. The lowest BCUT2D eigenvalue weighted by Crippen LogP contribution is -2.32. The first kappa shape index (κ1) is 13.9. The Morgan fingerprint density at radius 1 is 1.48 bits per heavy atom. The summed E-state index contributed by atoms with van der Waals surface area (Å²) in [4.78, 5) is 16.9. The SMILES string of the molecule is CN(c1nc2ccc(C(=O)O)cc2o1)C1CCS(=O)(=O)C1. The fourth-order valence-electron chi connectivity index (χ4n) is 2.43. The number of hydrogen-bond acceptors (Lipinski definition) is 6. The molecule has 0 spiro atoms. The molecule has 1 N–H and O–H groups in total. The van der Waals surface area contributed by atoms with Gasteiger partial charge in [0.15, 0.2) is 15.4 Å². The van der Waals surface area contributed by atoms with Crippen molar-refractivity contribution in [3.63, 3.8) is 0 Å². The third-order valence-corrected chi connectivity index (χ3v) is 5.43. The first-order valence-electron chi connectivity index (χ1n) is 6.43. The van der Waals surface area contributed by atoms with Crippen molar-refractivity contribution in [2.75, 3.05) is 23.5 Å². The molecule has 1 aromatic heterocycles. The van der Waals surface area contributed by atoms with Gasteiger partial charge in [0.1, 0.15) is 5.52 Å². The van der Waals surface area contributed by atoms with Gasteiger partial charge in [-0.2, -0.15) is 4.98 Å². The molecule has 1 unspecified atom stereocenters. The Morgan fingerprint density at radius 2 is 2.24 bits per heavy atom. The van der Waals surface area contributed by atoms with Gasteiger partial charge in [-0.15, -0.1) is 0 Å². The van der Waals surface area contributed by atoms with Gasteiger partial charge in [-0.3, -0.25) is 0 Å². The van der Waals surface area contributed by atoms with Crippen LogP contribution in [0.4, 0.5) is 6.01 Å². The van der Waals surface area contributed by atoms with E-state index in [0.717, 1.165) is 0 Å². The zero-order valence-electron chi connectivity index (χ0n) is 11.3. The maximum absolute atomic E-state index is 11.5. The van der Waals surface area contributed by atoms with Crippen LogP contribution >= 0.6 is 0 Å². The zero-order chi connectivity index (χ0) is 15.2. The van der Waals surface area contributed by atoms with Crippen molar-refractivity contribution in [1.29, 1.82) is 0 Å². The molecule has 8 heteroatoms. The smallest absolute Gasteiger partial charge is 0.335 e. The standard InChI is InChI=1S/C13H14N2O5S/c1-15(9-4-5-21(18,19)7-9)13-14-10-3-2-8(12(16)17)6-11(10)20-13/h2-3,6,9H,4-5,7H2,1H3,(H,16,17). The lowest BCUT2D eigenvalue weighted by atomic mass is 10.2. The van der Waals surface area contributed by atoms with Gasteiger partial charge in [-0.25, -0.2) is 13.2 Å². The van der Waals surface area contributed by atoms with E-state index < -0.39 is 15.8 Å². The van der Waals surface area contributed by atoms with Crippen LogP contribution in [0, 0.1) is 0 Å². The predicted molar refractivity (Wildman–Crippen MR) is 76.4 cm³/mol. The second kappa shape index (κ2) is 4.73. The van der Waals surface area contributed by atoms with Crippen LogP contribution in [0.3, 0.4) is 0 Å². The molecule has 0 aliphatic carbocycles. The summed E-state index contributed by atoms with van der Waals surface area (Å²) in [5.74, 6) is -0.779. The summed E-state index contributed by atoms with van der Waals surface area (Å²) in [5.41, 5.74) is 1.04. The van der Waals surface area contributed by atoms with Crippen LogP contribution in [0.2, 0.25) is 0 Å². The van der Waals surface area contributed by atoms with Crippen LogP contribution in [-0.4, -0.2) is 49.1 Å². The number of carboxylic acids is 1. The molecule has 0 radical (unpaired) electrons. The van der Waals surface area contributed by atoms with Crippen molar-refractivity contribution < 1.29 is 22.7 Å². The minimum absolute atomic E-state index is 0.0859. The summed E-state index contributed by atoms with van der Waals surface area (Å²) in [6.45, 7) is 0. The minimum atomic E-state index is -2.99. The molecule has 1 atom stereocenters. The second-order valence-electron chi connectivity index (χ2n) is 5.15. The lowest BCUT2D eigenvalue weighted by Gasteiger charge is -2.20. The molecule has 1 aromatic carbocycles. The number of fused-ring (bicyclic) bond motifs is 1. The number of rotatable bonds is 3. The van der Waals surface area contributed by atoms with Crippen LogP contribution in [0.15, 0.2) is 22.6 Å². The molecule has 1 fully saturated rings. The third kappa shape index (κ3) is 2.58. The zero-order valence-corrected chi connectivity index (χ0v) is 12.1. The van der Waals surface area contributed by atoms with Crippen molar-refractivity contribution in [3.05, 3.63) is 23.8 Å². The van der Waals surface area contributed by atoms with Crippen LogP contribution < -0.4 is 4.90 Å². The molecule has 7 nitrogen and oxygen atoms in total. The van der Waals surface area contributed by atoms with Gasteiger partial charge in [-0.05, 0) is 24.6 Å². The second-order valence-corrected chi connectivity index (χ2v) is 7.38. The van der Waals surface area contributed by atoms with E-state index in [9.17, 15) is 13.2 Å². The van der Waals surface area contributed by atoms with Gasteiger partial charge in [0.25, 0.3) is 6.01 Å². The van der Waals surface area contributed by atoms with E-state index >= 15 is 0 Å². The molecule has 112 valence electrons. The topological polar surface area (TPSA) is 101 Å². The number of nitrogens with zero attached hydrogens (tertiary/aromatic N) is 2. The van der Waals surface area contributed by atoms with E-state index in [1.165, 1.54) is 12.1 Å². The fourth-order valence-corrected chi connectivity index (χ4v) is 4.21. The molecule has 2 heterocycles. The molecule has 2 aromatic rings. The number of anilines is 1. The number of oxazole rings is 1. The molecule has 1 aliphatic heterocycles. The fraction of sp³-hybridized carbons (Fsp3) is 0.385. The maximum atomic E-state index is 11.5. The number of carbonyl (C=O) groups is 1. The monoisotopic (exact) mass is 310 g/mol. The van der Waals surface area contributed by atoms with Crippen LogP contribution in [0.25, 0.3) is 11.1 Å². The van der Waals surface area contributed by atoms with E-state index in [1.54, 1.807) is 18.0 Å². The predicted octanol–water partition coefficient (Wildman–Crippen LogP) is 1.15. The average molecular weight is 310 g/mol. The van der Waals surface area contributed by atoms with Crippen LogP contribution in [0.5, 0.6) is 0 Å². The quantitative estimate of drug-likeness (QED) is 0.907. The van der Waals surface area contributed by atoms with Gasteiger partial charge in [0.2, 0.25) is 0 Å². The highest BCUT2D eigenvalue weighted by atomic mass is 32.2. The lowest BCUT2D eigenvalue weighted by molar-refractivity contribution is 0.0697. The molecular formula is C13H14N2O5S. The molecule has 1 aliphatic rings. The van der Waals surface area contributed by atoms with E-state index in [2.05, 4.69) is 4.98 Å². The van der Waals surface area contributed by atoms with E-state index in [0.29, 0.717) is 23.5 Å². The number of aromatic carboxylic acids is 1. The van der Waals surface area contributed by atoms with Gasteiger partial charge in [0, 0.05) is 13.1 Å².